The van der Waals surface area contributed by atoms with Crippen molar-refractivity contribution in [1.29, 1.82) is 0 Å². The minimum atomic E-state index is -0.398. The van der Waals surface area contributed by atoms with Crippen molar-refractivity contribution in [2.24, 2.45) is 0 Å². The van der Waals surface area contributed by atoms with Gasteiger partial charge < -0.3 is 14.0 Å². The highest BCUT2D eigenvalue weighted by Crippen LogP contribution is 2.12. The summed E-state index contributed by atoms with van der Waals surface area (Å²) >= 11 is 0. The van der Waals surface area contributed by atoms with Crippen LogP contribution in [0.25, 0.3) is 0 Å². The van der Waals surface area contributed by atoms with Crippen LogP contribution in [0, 0.1) is 0 Å². The predicted molar refractivity (Wildman–Crippen MR) is 184 cm³/mol. The molecule has 0 saturated carbocycles. The van der Waals surface area contributed by atoms with Crippen LogP contribution in [-0.4, -0.2) is 56.8 Å². The fourth-order valence-electron chi connectivity index (χ4n) is 5.21. The van der Waals surface area contributed by atoms with E-state index in [4.69, 9.17) is 9.47 Å². The van der Waals surface area contributed by atoms with Crippen LogP contribution in [0.15, 0.2) is 24.3 Å². The molecule has 0 fully saturated rings. The molecule has 1 atom stereocenters. The highest BCUT2D eigenvalue weighted by Gasteiger charge is 2.23. The molecule has 0 spiro atoms. The highest BCUT2D eigenvalue weighted by atomic mass is 16.6. The van der Waals surface area contributed by atoms with Gasteiger partial charge in [-0.25, -0.2) is 0 Å². The maximum absolute atomic E-state index is 12.5. The number of esters is 2. The van der Waals surface area contributed by atoms with E-state index in [1.165, 1.54) is 103 Å². The molecule has 0 aromatic rings. The summed E-state index contributed by atoms with van der Waals surface area (Å²) in [4.78, 5) is 24.8. The summed E-state index contributed by atoms with van der Waals surface area (Å²) in [6.07, 6.45) is 36.3. The van der Waals surface area contributed by atoms with Gasteiger partial charge in [0, 0.05) is 12.8 Å². The number of carbonyl (C=O) groups excluding carboxylic acids is 2. The minimum Gasteiger partial charge on any atom is -0.461 e. The topological polar surface area (TPSA) is 52.6 Å². The van der Waals surface area contributed by atoms with Crippen LogP contribution >= 0.6 is 0 Å². The lowest BCUT2D eigenvalue weighted by atomic mass is 10.1. The molecule has 0 aliphatic carbocycles. The molecule has 0 aliphatic heterocycles. The lowest BCUT2D eigenvalue weighted by Gasteiger charge is -2.28. The molecule has 0 N–H and O–H groups in total. The van der Waals surface area contributed by atoms with Crippen molar-refractivity contribution in [1.82, 2.24) is 0 Å². The predicted octanol–water partition coefficient (Wildman–Crippen LogP) is 10.7. The first kappa shape index (κ1) is 41.4. The molecule has 0 heterocycles. The van der Waals surface area contributed by atoms with E-state index in [0.717, 1.165) is 38.5 Å². The van der Waals surface area contributed by atoms with E-state index in [1.807, 2.05) is 0 Å². The summed E-state index contributed by atoms with van der Waals surface area (Å²) in [5.74, 6) is -0.355. The van der Waals surface area contributed by atoms with Crippen LogP contribution in [-0.2, 0) is 19.1 Å². The van der Waals surface area contributed by atoms with Gasteiger partial charge in [-0.05, 0) is 64.2 Å². The summed E-state index contributed by atoms with van der Waals surface area (Å²) < 4.78 is 11.9. The third-order valence-electron chi connectivity index (χ3n) is 7.77. The molecular weight excluding hydrogens is 534 g/mol. The van der Waals surface area contributed by atoms with Gasteiger partial charge >= 0.3 is 11.9 Å². The number of nitrogens with zero attached hydrogens (tertiary/aromatic N) is 1. The fourth-order valence-corrected chi connectivity index (χ4v) is 5.21. The molecule has 0 aromatic heterocycles. The van der Waals surface area contributed by atoms with Gasteiger partial charge in [-0.15, -0.1) is 0 Å². The summed E-state index contributed by atoms with van der Waals surface area (Å²) in [5, 5.41) is 0. The van der Waals surface area contributed by atoms with Crippen molar-refractivity contribution >= 4 is 11.9 Å². The maximum Gasteiger partial charge on any atom is 0.306 e. The van der Waals surface area contributed by atoms with Crippen LogP contribution in [0.3, 0.4) is 0 Å². The number of unbranched alkanes of at least 4 members (excludes halogenated alkanes) is 18. The van der Waals surface area contributed by atoms with E-state index in [1.54, 1.807) is 0 Å². The number of quaternary nitrogens is 1. The van der Waals surface area contributed by atoms with Gasteiger partial charge in [0.25, 0.3) is 0 Å². The van der Waals surface area contributed by atoms with Gasteiger partial charge in [0.1, 0.15) is 13.2 Å². The SMILES string of the molecule is CCCCCC/C=C\CCCCCCCC(=O)OCC(C[N+](C)(C)C)OC(=O)CCCCCCC/C=C\CCCCCC. The number of ether oxygens (including phenoxy) is 2. The molecule has 0 aromatic carbocycles. The van der Waals surface area contributed by atoms with Crippen LogP contribution in [0.5, 0.6) is 0 Å². The zero-order valence-corrected chi connectivity index (χ0v) is 29.4. The third kappa shape index (κ3) is 33.1. The molecule has 1 unspecified atom stereocenters. The van der Waals surface area contributed by atoms with E-state index in [2.05, 4.69) is 59.3 Å². The summed E-state index contributed by atoms with van der Waals surface area (Å²) in [6.45, 7) is 5.28. The van der Waals surface area contributed by atoms with Crippen molar-refractivity contribution in [2.45, 2.75) is 174 Å². The first-order chi connectivity index (χ1) is 20.8. The Morgan fingerprint density at radius 2 is 0.907 bits per heavy atom. The maximum atomic E-state index is 12.5. The Bertz CT molecular complexity index is 695. The second-order valence-corrected chi connectivity index (χ2v) is 13.5. The Labute approximate surface area is 267 Å². The molecule has 252 valence electrons. The monoisotopic (exact) mass is 607 g/mol. The van der Waals surface area contributed by atoms with Crippen LogP contribution in [0.4, 0.5) is 0 Å². The van der Waals surface area contributed by atoms with E-state index >= 15 is 0 Å². The first-order valence-electron chi connectivity index (χ1n) is 18.2. The quantitative estimate of drug-likeness (QED) is 0.0341. The number of rotatable bonds is 31. The molecule has 5 nitrogen and oxygen atoms in total. The van der Waals surface area contributed by atoms with Crippen LogP contribution < -0.4 is 0 Å². The molecule has 0 bridgehead atoms. The highest BCUT2D eigenvalue weighted by molar-refractivity contribution is 5.70. The molecular formula is C38H72NO4+. The van der Waals surface area contributed by atoms with Gasteiger partial charge in [-0.2, -0.15) is 0 Å². The molecule has 0 aliphatic rings. The van der Waals surface area contributed by atoms with E-state index in [9.17, 15) is 9.59 Å². The number of hydrogen-bond acceptors (Lipinski definition) is 4. The van der Waals surface area contributed by atoms with Crippen molar-refractivity contribution in [3.63, 3.8) is 0 Å². The molecule has 0 radical (unpaired) electrons. The van der Waals surface area contributed by atoms with Gasteiger partial charge in [0.2, 0.25) is 0 Å². The lowest BCUT2D eigenvalue weighted by Crippen LogP contribution is -2.45. The van der Waals surface area contributed by atoms with Gasteiger partial charge in [-0.1, -0.05) is 115 Å². The Balaban J connectivity index is 3.95. The smallest absolute Gasteiger partial charge is 0.306 e. The molecule has 0 amide bonds. The normalized spacial score (nSPS) is 12.8. The molecule has 43 heavy (non-hydrogen) atoms. The number of hydrogen-bond donors (Lipinski definition) is 0. The second kappa shape index (κ2) is 30.4. The van der Waals surface area contributed by atoms with Crippen molar-refractivity contribution in [3.8, 4) is 0 Å². The van der Waals surface area contributed by atoms with Crippen LogP contribution in [0.2, 0.25) is 0 Å². The number of likely N-dealkylation sites (N-methyl/N-ethyl adjacent to an activating group) is 1. The number of carbonyl (C=O) groups is 2. The minimum absolute atomic E-state index is 0.150. The third-order valence-corrected chi connectivity index (χ3v) is 7.77. The largest absolute Gasteiger partial charge is 0.461 e. The Morgan fingerprint density at radius 3 is 1.33 bits per heavy atom. The zero-order chi connectivity index (χ0) is 31.9. The van der Waals surface area contributed by atoms with Crippen molar-refractivity contribution in [3.05, 3.63) is 24.3 Å². The molecule has 0 rings (SSSR count). The van der Waals surface area contributed by atoms with E-state index in [-0.39, 0.29) is 18.5 Å². The molecule has 5 heteroatoms. The summed E-state index contributed by atoms with van der Waals surface area (Å²) in [5.41, 5.74) is 0. The standard InChI is InChI=1S/C38H72NO4/c1-6-8-10-12-14-16-18-20-22-24-26-28-30-32-37(40)42-35-36(34-39(3,4)5)43-38(41)33-31-29-27-25-23-21-19-17-15-13-11-9-7-2/h16-19,36H,6-15,20-35H2,1-5H3/q+1/b18-16-,19-17-. The van der Waals surface area contributed by atoms with Gasteiger partial charge in [0.15, 0.2) is 6.10 Å². The second-order valence-electron chi connectivity index (χ2n) is 13.5. The van der Waals surface area contributed by atoms with Crippen LogP contribution in [0.1, 0.15) is 168 Å². The Kier molecular flexibility index (Phi) is 29.3. The Morgan fingerprint density at radius 1 is 0.535 bits per heavy atom. The van der Waals surface area contributed by atoms with Gasteiger partial charge in [-0.3, -0.25) is 9.59 Å². The lowest BCUT2D eigenvalue weighted by molar-refractivity contribution is -0.873. The summed E-state index contributed by atoms with van der Waals surface area (Å²) in [7, 11) is 6.19. The number of allylic oxidation sites excluding steroid dienone is 4. The van der Waals surface area contributed by atoms with E-state index < -0.39 is 6.10 Å². The van der Waals surface area contributed by atoms with Gasteiger partial charge in [0.05, 0.1) is 21.1 Å². The fraction of sp³-hybridized carbons (Fsp3) is 0.842. The Hall–Kier alpha value is -1.62. The van der Waals surface area contributed by atoms with Crippen molar-refractivity contribution < 1.29 is 23.5 Å². The first-order valence-corrected chi connectivity index (χ1v) is 18.2. The zero-order valence-electron chi connectivity index (χ0n) is 29.4. The van der Waals surface area contributed by atoms with Crippen molar-refractivity contribution in [2.75, 3.05) is 34.3 Å². The van der Waals surface area contributed by atoms with E-state index in [0.29, 0.717) is 23.9 Å². The molecule has 0 saturated heterocycles. The average Bonchev–Trinajstić information content (AvgIpc) is 2.96. The average molecular weight is 607 g/mol. The summed E-state index contributed by atoms with van der Waals surface area (Å²) in [6, 6.07) is 0.